The van der Waals surface area contributed by atoms with Crippen LogP contribution in [0.1, 0.15) is 316 Å². The monoisotopic (exact) mass is 1020 g/mol. The van der Waals surface area contributed by atoms with Crippen LogP contribution in [0.4, 0.5) is 0 Å². The summed E-state index contributed by atoms with van der Waals surface area (Å²) in [5.41, 5.74) is 0. The molecule has 0 aliphatic rings. The fourth-order valence-electron chi connectivity index (χ4n) is 9.51. The summed E-state index contributed by atoms with van der Waals surface area (Å²) in [7, 11) is 1.59. The molecule has 0 aliphatic carbocycles. The minimum atomic E-state index is -4.35. The third-order valence-electron chi connectivity index (χ3n) is 14.4. The summed E-state index contributed by atoms with van der Waals surface area (Å²) in [5, 5.41) is 14.0. The zero-order chi connectivity index (χ0) is 52.0. The van der Waals surface area contributed by atoms with Crippen molar-refractivity contribution in [3.8, 4) is 0 Å². The van der Waals surface area contributed by atoms with Gasteiger partial charge in [0.05, 0.1) is 39.9 Å². The van der Waals surface area contributed by atoms with E-state index in [1.807, 2.05) is 27.2 Å². The molecule has 0 aromatic rings. The summed E-state index contributed by atoms with van der Waals surface area (Å²) >= 11 is 0. The Kier molecular flexibility index (Phi) is 53.0. The van der Waals surface area contributed by atoms with Crippen LogP contribution in [0.15, 0.2) is 24.3 Å². The van der Waals surface area contributed by atoms with E-state index in [2.05, 4.69) is 31.3 Å². The van der Waals surface area contributed by atoms with Crippen LogP contribution in [0.3, 0.4) is 0 Å². The molecule has 0 aromatic carbocycles. The average Bonchev–Trinajstić information content (AvgIpc) is 3.33. The number of nitrogens with one attached hydrogen (secondary N) is 1. The number of nitrogens with zero attached hydrogens (tertiary/aromatic N) is 1. The maximum atomic E-state index is 13.0. The number of likely N-dealkylation sites (N-methyl/N-ethyl adjacent to an activating group) is 1. The van der Waals surface area contributed by atoms with E-state index in [9.17, 15) is 19.4 Å². The fraction of sp³-hybridized carbons (Fsp3) is 0.919. The standard InChI is InChI=1S/C62H123N2O6P/c1-6-8-10-12-14-16-18-20-22-24-26-28-30-31-32-34-35-37-39-41-43-45-47-49-51-53-55-61(65)60(59-70-71(67,68)69-58-57-64(3,4)5)63-62(66)56-54-52-50-48-46-44-42-40-38-36-33-29-27-25-23-21-19-17-15-13-11-9-7-2/h25,27,53,55,60-61,65H,6-24,26,28-52,54,56-59H2,1-5H3,(H-,63,66,67,68)/p+1/b27-25-,55-53+. The molecule has 0 heterocycles. The van der Waals surface area contributed by atoms with Gasteiger partial charge in [-0.25, -0.2) is 4.57 Å². The number of amides is 1. The van der Waals surface area contributed by atoms with Crippen molar-refractivity contribution in [1.82, 2.24) is 5.32 Å². The molecule has 0 aliphatic heterocycles. The van der Waals surface area contributed by atoms with Crippen molar-refractivity contribution in [1.29, 1.82) is 0 Å². The second kappa shape index (κ2) is 53.8. The molecule has 0 radical (unpaired) electrons. The predicted molar refractivity (Wildman–Crippen MR) is 309 cm³/mol. The third-order valence-corrected chi connectivity index (χ3v) is 15.4. The smallest absolute Gasteiger partial charge is 0.387 e. The third kappa shape index (κ3) is 56.5. The lowest BCUT2D eigenvalue weighted by molar-refractivity contribution is -0.870. The number of carbonyl (C=O) groups is 1. The van der Waals surface area contributed by atoms with Gasteiger partial charge in [0.2, 0.25) is 5.91 Å². The number of hydrogen-bond acceptors (Lipinski definition) is 5. The molecular weight excluding hydrogens is 900 g/mol. The van der Waals surface area contributed by atoms with Gasteiger partial charge < -0.3 is 19.8 Å². The lowest BCUT2D eigenvalue weighted by Gasteiger charge is -2.25. The number of rotatable bonds is 58. The molecule has 1 amide bonds. The summed E-state index contributed by atoms with van der Waals surface area (Å²) in [6.45, 7) is 4.87. The van der Waals surface area contributed by atoms with E-state index in [-0.39, 0.29) is 19.1 Å². The molecule has 9 heteroatoms. The topological polar surface area (TPSA) is 105 Å². The number of hydrogen-bond donors (Lipinski definition) is 3. The van der Waals surface area contributed by atoms with Gasteiger partial charge in [0.25, 0.3) is 0 Å². The first-order valence-corrected chi connectivity index (χ1v) is 32.7. The highest BCUT2D eigenvalue weighted by atomic mass is 31.2. The van der Waals surface area contributed by atoms with Crippen molar-refractivity contribution in [2.45, 2.75) is 328 Å². The van der Waals surface area contributed by atoms with E-state index in [0.29, 0.717) is 17.4 Å². The first-order valence-electron chi connectivity index (χ1n) is 31.2. The first kappa shape index (κ1) is 70.0. The minimum Gasteiger partial charge on any atom is -0.387 e. The van der Waals surface area contributed by atoms with Gasteiger partial charge >= 0.3 is 7.82 Å². The highest BCUT2D eigenvalue weighted by molar-refractivity contribution is 7.47. The second-order valence-electron chi connectivity index (χ2n) is 22.8. The van der Waals surface area contributed by atoms with Crippen molar-refractivity contribution in [3.63, 3.8) is 0 Å². The lowest BCUT2D eigenvalue weighted by Crippen LogP contribution is -2.45. The van der Waals surface area contributed by atoms with E-state index in [1.165, 1.54) is 263 Å². The molecule has 0 spiro atoms. The molecule has 3 atom stereocenters. The second-order valence-corrected chi connectivity index (χ2v) is 24.2. The van der Waals surface area contributed by atoms with Crippen molar-refractivity contribution in [2.75, 3.05) is 40.9 Å². The molecule has 3 N–H and O–H groups in total. The Labute approximate surface area is 443 Å². The molecule has 71 heavy (non-hydrogen) atoms. The van der Waals surface area contributed by atoms with E-state index < -0.39 is 20.0 Å². The molecule has 3 unspecified atom stereocenters. The van der Waals surface area contributed by atoms with Crippen LogP contribution in [0, 0.1) is 0 Å². The van der Waals surface area contributed by atoms with Gasteiger partial charge in [-0.15, -0.1) is 0 Å². The van der Waals surface area contributed by atoms with Gasteiger partial charge in [-0.2, -0.15) is 0 Å². The normalized spacial score (nSPS) is 14.0. The van der Waals surface area contributed by atoms with Gasteiger partial charge in [0, 0.05) is 6.42 Å². The fourth-order valence-corrected chi connectivity index (χ4v) is 10.2. The first-order chi connectivity index (χ1) is 34.5. The SMILES string of the molecule is CCCCCCCCCC/C=C\CCCCCCCCCCCCCC(=O)NC(COP(=O)(O)OCC[N+](C)(C)C)C(O)/C=C/CCCCCCCCCCCCCCCCCCCCCCCCCC. The molecule has 8 nitrogen and oxygen atoms in total. The largest absolute Gasteiger partial charge is 0.472 e. The maximum Gasteiger partial charge on any atom is 0.472 e. The Hall–Kier alpha value is -1.02. The number of unbranched alkanes of at least 4 members (excludes halogenated alkanes) is 43. The van der Waals surface area contributed by atoms with E-state index in [4.69, 9.17) is 9.05 Å². The molecule has 0 saturated heterocycles. The van der Waals surface area contributed by atoms with Crippen LogP contribution in [0.2, 0.25) is 0 Å². The van der Waals surface area contributed by atoms with Crippen LogP contribution < -0.4 is 5.32 Å². The zero-order valence-corrected chi connectivity index (χ0v) is 49.1. The Morgan fingerprint density at radius 3 is 1.08 bits per heavy atom. The highest BCUT2D eigenvalue weighted by Gasteiger charge is 2.27. The van der Waals surface area contributed by atoms with Gasteiger partial charge in [-0.05, 0) is 44.9 Å². The van der Waals surface area contributed by atoms with Gasteiger partial charge in [-0.1, -0.05) is 289 Å². The molecular formula is C62H124N2O6P+. The number of allylic oxidation sites excluding steroid dienone is 3. The Morgan fingerprint density at radius 1 is 0.465 bits per heavy atom. The van der Waals surface area contributed by atoms with Crippen molar-refractivity contribution in [3.05, 3.63) is 24.3 Å². The summed E-state index contributed by atoms with van der Waals surface area (Å²) in [6.07, 6.45) is 68.6. The van der Waals surface area contributed by atoms with Gasteiger partial charge in [0.1, 0.15) is 13.2 Å². The van der Waals surface area contributed by atoms with Gasteiger partial charge in [0.15, 0.2) is 0 Å². The Balaban J connectivity index is 4.14. The Morgan fingerprint density at radius 2 is 0.761 bits per heavy atom. The number of aliphatic hydroxyl groups excluding tert-OH is 1. The lowest BCUT2D eigenvalue weighted by atomic mass is 10.0. The quantitative estimate of drug-likeness (QED) is 0.0243. The highest BCUT2D eigenvalue weighted by Crippen LogP contribution is 2.43. The summed E-state index contributed by atoms with van der Waals surface area (Å²) in [5.74, 6) is -0.172. The predicted octanol–water partition coefficient (Wildman–Crippen LogP) is 19.2. The van der Waals surface area contributed by atoms with E-state index >= 15 is 0 Å². The maximum absolute atomic E-state index is 13.0. The van der Waals surface area contributed by atoms with Crippen LogP contribution in [-0.4, -0.2) is 73.4 Å². The summed E-state index contributed by atoms with van der Waals surface area (Å²) in [4.78, 5) is 23.3. The molecule has 0 fully saturated rings. The number of phosphoric ester groups is 1. The van der Waals surface area contributed by atoms with Crippen LogP contribution in [0.25, 0.3) is 0 Å². The number of quaternary nitrogens is 1. The van der Waals surface area contributed by atoms with Crippen LogP contribution in [0.5, 0.6) is 0 Å². The van der Waals surface area contributed by atoms with Crippen LogP contribution >= 0.6 is 7.82 Å². The summed E-state index contributed by atoms with van der Waals surface area (Å²) < 4.78 is 23.8. The van der Waals surface area contributed by atoms with Crippen molar-refractivity contribution < 1.29 is 32.9 Å². The molecule has 422 valence electrons. The number of phosphoric acid groups is 1. The van der Waals surface area contributed by atoms with E-state index in [0.717, 1.165) is 32.1 Å². The minimum absolute atomic E-state index is 0.0634. The molecule has 0 aromatic heterocycles. The zero-order valence-electron chi connectivity index (χ0n) is 48.2. The average molecular weight is 1020 g/mol. The van der Waals surface area contributed by atoms with Crippen molar-refractivity contribution >= 4 is 13.7 Å². The number of carbonyl (C=O) groups excluding carboxylic acids is 1. The Bertz CT molecular complexity index is 1210. The van der Waals surface area contributed by atoms with Crippen molar-refractivity contribution in [2.24, 2.45) is 0 Å². The summed E-state index contributed by atoms with van der Waals surface area (Å²) in [6, 6.07) is -0.846. The van der Waals surface area contributed by atoms with Crippen LogP contribution in [-0.2, 0) is 18.4 Å². The molecule has 0 rings (SSSR count). The van der Waals surface area contributed by atoms with Gasteiger partial charge in [-0.3, -0.25) is 13.8 Å². The molecule has 0 bridgehead atoms. The van der Waals surface area contributed by atoms with E-state index in [1.54, 1.807) is 6.08 Å². The molecule has 0 saturated carbocycles. The number of aliphatic hydroxyl groups is 1.